The molecule has 0 aromatic heterocycles. The Morgan fingerprint density at radius 3 is 2.63 bits per heavy atom. The summed E-state index contributed by atoms with van der Waals surface area (Å²) in [7, 11) is 3.31. The van der Waals surface area contributed by atoms with E-state index >= 15 is 0 Å². The third-order valence-corrected chi connectivity index (χ3v) is 5.67. The van der Waals surface area contributed by atoms with Gasteiger partial charge in [-0.2, -0.15) is 0 Å². The monoisotopic (exact) mass is 390 g/mol. The molecule has 1 aromatic carbocycles. The van der Waals surface area contributed by atoms with Gasteiger partial charge in [0, 0.05) is 18.4 Å². The van der Waals surface area contributed by atoms with Crippen molar-refractivity contribution in [2.24, 2.45) is 5.73 Å². The molecule has 0 spiro atoms. The van der Waals surface area contributed by atoms with Crippen LogP contribution in [-0.4, -0.2) is 26.7 Å². The number of carbonyl (C=O) groups is 1. The second-order valence-electron chi connectivity index (χ2n) is 6.52. The fraction of sp³-hybridized carbons (Fsp3) is 0.476. The highest BCUT2D eigenvalue weighted by Gasteiger charge is 2.25. The predicted molar refractivity (Wildman–Crippen MR) is 113 cm³/mol. The van der Waals surface area contributed by atoms with Crippen molar-refractivity contribution in [2.45, 2.75) is 45.4 Å². The zero-order valence-electron chi connectivity index (χ0n) is 16.6. The molecule has 6 heteroatoms. The Hall–Kier alpha value is -1.92. The van der Waals surface area contributed by atoms with Crippen LogP contribution in [-0.2, 0) is 4.79 Å². The molecule has 0 heterocycles. The van der Waals surface area contributed by atoms with Gasteiger partial charge in [0.25, 0.3) is 0 Å². The number of carbonyl (C=O) groups excluding carboxylic acids is 1. The lowest BCUT2D eigenvalue weighted by Gasteiger charge is -2.27. The molecule has 1 aromatic rings. The van der Waals surface area contributed by atoms with E-state index in [1.165, 1.54) is 37.1 Å². The molecule has 2 rings (SSSR count). The zero-order chi connectivity index (χ0) is 19.8. The topological polar surface area (TPSA) is 73.6 Å². The molecular weight excluding hydrogens is 360 g/mol. The average Bonchev–Trinajstić information content (AvgIpc) is 2.65. The van der Waals surface area contributed by atoms with E-state index in [9.17, 15) is 4.79 Å². The molecule has 3 N–H and O–H groups in total. The van der Waals surface area contributed by atoms with Crippen molar-refractivity contribution in [1.82, 2.24) is 5.32 Å². The first kappa shape index (κ1) is 21.4. The van der Waals surface area contributed by atoms with Crippen LogP contribution < -0.4 is 20.5 Å². The first-order valence-corrected chi connectivity index (χ1v) is 10.2. The number of allylic oxidation sites excluding steroid dienone is 1. The van der Waals surface area contributed by atoms with Crippen molar-refractivity contribution >= 4 is 22.6 Å². The van der Waals surface area contributed by atoms with Crippen LogP contribution >= 0.6 is 11.8 Å². The number of unbranched alkanes of at least 4 members (excludes halogenated alkanes) is 1. The second kappa shape index (κ2) is 10.4. The molecule has 148 valence electrons. The van der Waals surface area contributed by atoms with E-state index in [1.807, 2.05) is 12.1 Å². The van der Waals surface area contributed by atoms with Crippen molar-refractivity contribution in [2.75, 3.05) is 20.8 Å². The van der Waals surface area contributed by atoms with Crippen LogP contribution in [0.5, 0.6) is 11.5 Å². The molecule has 0 radical (unpaired) electrons. The summed E-state index contributed by atoms with van der Waals surface area (Å²) in [6, 6.07) is 4.14. The van der Waals surface area contributed by atoms with Crippen molar-refractivity contribution in [3.8, 4) is 11.5 Å². The largest absolute Gasteiger partial charge is 0.493 e. The normalized spacial score (nSPS) is 16.4. The third-order valence-electron chi connectivity index (χ3n) is 4.58. The van der Waals surface area contributed by atoms with Gasteiger partial charge in [-0.15, -0.1) is 0 Å². The number of benzene rings is 1. The molecular formula is C21H30N2O3S. The van der Waals surface area contributed by atoms with Gasteiger partial charge in [-0.05, 0) is 48.1 Å². The molecule has 1 unspecified atom stereocenters. The Morgan fingerprint density at radius 1 is 1.33 bits per heavy atom. The summed E-state index contributed by atoms with van der Waals surface area (Å²) >= 11 is 1.53. The van der Waals surface area contributed by atoms with Crippen LogP contribution in [0.2, 0.25) is 0 Å². The average molecular weight is 391 g/mol. The van der Waals surface area contributed by atoms with Gasteiger partial charge in [-0.1, -0.05) is 37.6 Å². The summed E-state index contributed by atoms with van der Waals surface area (Å²) in [5.74, 6) is 1.82. The van der Waals surface area contributed by atoms with Gasteiger partial charge in [-0.3, -0.25) is 4.79 Å². The molecule has 27 heavy (non-hydrogen) atoms. The van der Waals surface area contributed by atoms with Crippen molar-refractivity contribution in [3.63, 3.8) is 0 Å². The van der Waals surface area contributed by atoms with Crippen LogP contribution in [0, 0.1) is 0 Å². The van der Waals surface area contributed by atoms with E-state index in [2.05, 4.69) is 24.4 Å². The SMILES string of the molecule is CCCCC1CC=C(S/C(=C/CN)NC(C)=O)c2cc(OC)c(OC)cc21. The van der Waals surface area contributed by atoms with E-state index in [0.717, 1.165) is 34.1 Å². The van der Waals surface area contributed by atoms with Gasteiger partial charge in [0.15, 0.2) is 11.5 Å². The number of rotatable bonds is 9. The minimum atomic E-state index is -0.105. The van der Waals surface area contributed by atoms with E-state index in [1.54, 1.807) is 14.2 Å². The van der Waals surface area contributed by atoms with Gasteiger partial charge >= 0.3 is 0 Å². The number of nitrogens with one attached hydrogen (secondary N) is 1. The van der Waals surface area contributed by atoms with Crippen molar-refractivity contribution < 1.29 is 14.3 Å². The lowest BCUT2D eigenvalue weighted by molar-refractivity contribution is -0.118. The molecule has 0 bridgehead atoms. The summed E-state index contributed by atoms with van der Waals surface area (Å²) < 4.78 is 11.0. The highest BCUT2D eigenvalue weighted by atomic mass is 32.2. The fourth-order valence-corrected chi connectivity index (χ4v) is 4.35. The Balaban J connectivity index is 2.42. The Labute approximate surface area is 166 Å². The number of hydrogen-bond acceptors (Lipinski definition) is 5. The first-order chi connectivity index (χ1) is 13.0. The smallest absolute Gasteiger partial charge is 0.221 e. The molecule has 0 saturated heterocycles. The maximum atomic E-state index is 11.5. The van der Waals surface area contributed by atoms with Gasteiger partial charge in [0.1, 0.15) is 0 Å². The second-order valence-corrected chi connectivity index (χ2v) is 7.61. The molecule has 1 aliphatic rings. The van der Waals surface area contributed by atoms with Gasteiger partial charge in [0.05, 0.1) is 19.2 Å². The van der Waals surface area contributed by atoms with Crippen molar-refractivity contribution in [3.05, 3.63) is 40.4 Å². The summed E-state index contributed by atoms with van der Waals surface area (Å²) in [5, 5.41) is 3.62. The molecule has 0 fully saturated rings. The predicted octanol–water partition coefficient (Wildman–Crippen LogP) is 4.39. The number of methoxy groups -OCH3 is 2. The minimum Gasteiger partial charge on any atom is -0.493 e. The maximum absolute atomic E-state index is 11.5. The minimum absolute atomic E-state index is 0.105. The van der Waals surface area contributed by atoms with E-state index < -0.39 is 0 Å². The molecule has 1 aliphatic carbocycles. The molecule has 1 atom stereocenters. The van der Waals surface area contributed by atoms with E-state index in [0.29, 0.717) is 18.2 Å². The van der Waals surface area contributed by atoms with Crippen molar-refractivity contribution in [1.29, 1.82) is 0 Å². The number of thioether (sulfide) groups is 1. The fourth-order valence-electron chi connectivity index (χ4n) is 3.27. The van der Waals surface area contributed by atoms with Gasteiger partial charge in [-0.25, -0.2) is 0 Å². The van der Waals surface area contributed by atoms with Crippen LogP contribution in [0.25, 0.3) is 4.91 Å². The Morgan fingerprint density at radius 2 is 2.04 bits per heavy atom. The zero-order valence-corrected chi connectivity index (χ0v) is 17.4. The van der Waals surface area contributed by atoms with Gasteiger partial charge < -0.3 is 20.5 Å². The quantitative estimate of drug-likeness (QED) is 0.654. The first-order valence-electron chi connectivity index (χ1n) is 9.36. The van der Waals surface area contributed by atoms with Crippen LogP contribution in [0.1, 0.15) is 56.6 Å². The number of nitrogens with two attached hydrogens (primary N) is 1. The van der Waals surface area contributed by atoms with Crippen LogP contribution in [0.15, 0.2) is 29.3 Å². The lowest BCUT2D eigenvalue weighted by atomic mass is 9.83. The van der Waals surface area contributed by atoms with E-state index in [4.69, 9.17) is 15.2 Å². The highest BCUT2D eigenvalue weighted by Crippen LogP contribution is 2.47. The number of ether oxygens (including phenoxy) is 2. The van der Waals surface area contributed by atoms with Gasteiger partial charge in [0.2, 0.25) is 5.91 Å². The summed E-state index contributed by atoms with van der Waals surface area (Å²) in [4.78, 5) is 12.6. The molecule has 0 aliphatic heterocycles. The number of fused-ring (bicyclic) bond motifs is 1. The summed E-state index contributed by atoms with van der Waals surface area (Å²) in [5.41, 5.74) is 8.08. The van der Waals surface area contributed by atoms with E-state index in [-0.39, 0.29) is 5.91 Å². The standard InChI is InChI=1S/C21H30N2O3S/c1-5-6-7-15-8-9-20(27-21(10-11-22)23-14(2)24)17-13-19(26-4)18(25-3)12-16(15)17/h9-10,12-13,15H,5-8,11,22H2,1-4H3,(H,23,24)/b21-10+. The summed E-state index contributed by atoms with van der Waals surface area (Å²) in [6.45, 7) is 4.09. The lowest BCUT2D eigenvalue weighted by Crippen LogP contribution is -2.18. The molecule has 1 amide bonds. The number of amides is 1. The third kappa shape index (κ3) is 5.53. The highest BCUT2D eigenvalue weighted by molar-refractivity contribution is 8.11. The van der Waals surface area contributed by atoms with Crippen LogP contribution in [0.3, 0.4) is 0 Å². The Bertz CT molecular complexity index is 728. The Kier molecular flexibility index (Phi) is 8.25. The number of hydrogen-bond donors (Lipinski definition) is 2. The maximum Gasteiger partial charge on any atom is 0.221 e. The molecule has 5 nitrogen and oxygen atoms in total. The van der Waals surface area contributed by atoms with Crippen LogP contribution in [0.4, 0.5) is 0 Å². The molecule has 0 saturated carbocycles. The summed E-state index contributed by atoms with van der Waals surface area (Å²) in [6.07, 6.45) is 8.57.